The van der Waals surface area contributed by atoms with Crippen LogP contribution in [0, 0.1) is 13.8 Å². The fraction of sp³-hybridized carbons (Fsp3) is 0.250. The molecule has 0 unspecified atom stereocenters. The molecule has 14 nitrogen and oxygen atoms in total. The predicted octanol–water partition coefficient (Wildman–Crippen LogP) is 5.13. The van der Waals surface area contributed by atoms with Crippen molar-refractivity contribution in [1.82, 2.24) is 10.3 Å². The Morgan fingerprint density at radius 2 is 1.00 bits per heavy atom. The number of methoxy groups -OCH3 is 4. The van der Waals surface area contributed by atoms with Crippen molar-refractivity contribution in [2.45, 2.75) is 23.6 Å². The molecule has 4 aromatic rings. The normalized spacial score (nSPS) is 11.2. The zero-order chi connectivity index (χ0) is 31.2. The van der Waals surface area contributed by atoms with Crippen LogP contribution in [0.5, 0.6) is 23.0 Å². The lowest BCUT2D eigenvalue weighted by atomic mass is 10.3. The van der Waals surface area contributed by atoms with Crippen LogP contribution < -0.4 is 28.4 Å². The third kappa shape index (κ3) is 7.47. The van der Waals surface area contributed by atoms with Gasteiger partial charge in [0.05, 0.1) is 39.8 Å². The number of aromatic nitrogens is 2. The molecule has 0 atom stereocenters. The molecule has 0 saturated carbocycles. The second kappa shape index (κ2) is 13.7. The number of nitrogens with zero attached hydrogens (tertiary/aromatic N) is 2. The number of aryl methyl sites for hydroxylation is 2. The Bertz CT molecular complexity index is 1640. The Hall–Kier alpha value is -3.48. The van der Waals surface area contributed by atoms with Gasteiger partial charge in [0, 0.05) is 12.1 Å². The van der Waals surface area contributed by atoms with Gasteiger partial charge in [-0.25, -0.2) is 26.3 Å². The quantitative estimate of drug-likeness (QED) is 0.218. The molecule has 0 spiro atoms. The average molecular weight is 754 g/mol. The molecule has 0 aliphatic heterocycles. The summed E-state index contributed by atoms with van der Waals surface area (Å²) in [4.78, 5) is -0.129. The smallest absolute Gasteiger partial charge is 0.268 e. The highest BCUT2D eigenvalue weighted by Crippen LogP contribution is 2.34. The van der Waals surface area contributed by atoms with Gasteiger partial charge in [-0.3, -0.25) is 0 Å². The van der Waals surface area contributed by atoms with E-state index in [4.69, 9.17) is 28.0 Å². The van der Waals surface area contributed by atoms with Crippen LogP contribution >= 0.6 is 31.9 Å². The Morgan fingerprint density at radius 3 is 1.26 bits per heavy atom. The molecule has 0 radical (unpaired) electrons. The van der Waals surface area contributed by atoms with E-state index >= 15 is 0 Å². The fourth-order valence-electron chi connectivity index (χ4n) is 3.19. The maximum Gasteiger partial charge on any atom is 0.268 e. The minimum absolute atomic E-state index is 0.00243. The number of hydrogen-bond donors (Lipinski definition) is 2. The van der Waals surface area contributed by atoms with Gasteiger partial charge >= 0.3 is 0 Å². The molecular formula is C24H26Br2N4O10S2. The van der Waals surface area contributed by atoms with E-state index < -0.39 is 20.0 Å². The lowest BCUT2D eigenvalue weighted by Gasteiger charge is -2.11. The molecule has 2 N–H and O–H groups in total. The maximum absolute atomic E-state index is 12.5. The van der Waals surface area contributed by atoms with Crippen molar-refractivity contribution < 1.29 is 44.8 Å². The summed E-state index contributed by atoms with van der Waals surface area (Å²) in [5.41, 5.74) is 1.07. The van der Waals surface area contributed by atoms with Crippen molar-refractivity contribution in [3.63, 3.8) is 0 Å². The summed E-state index contributed by atoms with van der Waals surface area (Å²) in [5, 5.41) is 7.33. The minimum Gasteiger partial charge on any atom is -0.497 e. The van der Waals surface area contributed by atoms with Gasteiger partial charge in [0.25, 0.3) is 31.8 Å². The Labute approximate surface area is 259 Å². The topological polar surface area (TPSA) is 181 Å². The molecule has 0 fully saturated rings. The Balaban J connectivity index is 0.000000230. The van der Waals surface area contributed by atoms with E-state index in [9.17, 15) is 16.8 Å². The van der Waals surface area contributed by atoms with E-state index in [2.05, 4.69) is 51.6 Å². The van der Waals surface area contributed by atoms with Crippen molar-refractivity contribution in [2.75, 3.05) is 37.9 Å². The Morgan fingerprint density at radius 1 is 0.643 bits per heavy atom. The van der Waals surface area contributed by atoms with Crippen LogP contribution in [0.3, 0.4) is 0 Å². The summed E-state index contributed by atoms with van der Waals surface area (Å²) in [6.07, 6.45) is 0. The molecule has 2 aromatic carbocycles. The van der Waals surface area contributed by atoms with Crippen LogP contribution in [-0.2, 0) is 20.0 Å². The molecule has 0 bridgehead atoms. The first-order valence-electron chi connectivity index (χ1n) is 11.5. The van der Waals surface area contributed by atoms with Crippen LogP contribution in [0.1, 0.15) is 11.4 Å². The monoisotopic (exact) mass is 752 g/mol. The van der Waals surface area contributed by atoms with Crippen LogP contribution in [0.4, 0.5) is 11.8 Å². The molecule has 2 aromatic heterocycles. The van der Waals surface area contributed by atoms with Crippen molar-refractivity contribution in [3.05, 3.63) is 56.7 Å². The highest BCUT2D eigenvalue weighted by molar-refractivity contribution is 9.11. The first-order valence-corrected chi connectivity index (χ1v) is 16.1. The molecular weight excluding hydrogens is 728 g/mol. The standard InChI is InChI=1S/2C12H13BrN2O5S/c2*1-7-11(13)12(20-14-7)15-21(16,17)10-6-8(18-2)4-5-9(10)19-3/h2*4-6,15H,1-3H3. The van der Waals surface area contributed by atoms with Crippen molar-refractivity contribution >= 4 is 63.7 Å². The molecule has 0 aliphatic rings. The van der Waals surface area contributed by atoms with E-state index in [0.29, 0.717) is 31.8 Å². The summed E-state index contributed by atoms with van der Waals surface area (Å²) < 4.78 is 85.4. The van der Waals surface area contributed by atoms with Crippen molar-refractivity contribution in [1.29, 1.82) is 0 Å². The fourth-order valence-corrected chi connectivity index (χ4v) is 6.30. The number of anilines is 2. The van der Waals surface area contributed by atoms with E-state index in [0.717, 1.165) is 0 Å². The number of rotatable bonds is 10. The van der Waals surface area contributed by atoms with Gasteiger partial charge in [0.1, 0.15) is 41.7 Å². The SMILES string of the molecule is COc1ccc(OC)c(S(=O)(=O)Nc2onc(C)c2Br)c1.COc1ccc(OC)c(S(=O)(=O)Nc2onc(C)c2Br)c1. The second-order valence-electron chi connectivity index (χ2n) is 8.07. The van der Waals surface area contributed by atoms with Crippen molar-refractivity contribution in [2.24, 2.45) is 0 Å². The van der Waals surface area contributed by atoms with Gasteiger partial charge in [-0.2, -0.15) is 0 Å². The van der Waals surface area contributed by atoms with E-state index in [1.807, 2.05) is 0 Å². The zero-order valence-electron chi connectivity index (χ0n) is 23.0. The maximum atomic E-state index is 12.5. The number of hydrogen-bond acceptors (Lipinski definition) is 12. The number of benzene rings is 2. The van der Waals surface area contributed by atoms with Crippen LogP contribution in [0.2, 0.25) is 0 Å². The van der Waals surface area contributed by atoms with Crippen molar-refractivity contribution in [3.8, 4) is 23.0 Å². The van der Waals surface area contributed by atoms with Crippen LogP contribution in [-0.4, -0.2) is 55.6 Å². The lowest BCUT2D eigenvalue weighted by Crippen LogP contribution is -2.14. The molecule has 0 aliphatic carbocycles. The minimum atomic E-state index is -3.92. The number of sulfonamides is 2. The molecule has 4 rings (SSSR count). The molecule has 228 valence electrons. The Kier molecular flexibility index (Phi) is 10.7. The first kappa shape index (κ1) is 33.0. The predicted molar refractivity (Wildman–Crippen MR) is 159 cm³/mol. The third-order valence-electron chi connectivity index (χ3n) is 5.36. The van der Waals surface area contributed by atoms with E-state index in [-0.39, 0.29) is 33.1 Å². The van der Waals surface area contributed by atoms with Gasteiger partial charge in [-0.1, -0.05) is 10.3 Å². The number of ether oxygens (including phenoxy) is 4. The second-order valence-corrected chi connectivity index (χ2v) is 13.0. The number of nitrogens with one attached hydrogen (secondary N) is 2. The molecule has 0 amide bonds. The lowest BCUT2D eigenvalue weighted by molar-refractivity contribution is 0.392. The molecule has 2 heterocycles. The summed E-state index contributed by atoms with van der Waals surface area (Å²) in [7, 11) is -2.17. The summed E-state index contributed by atoms with van der Waals surface area (Å²) >= 11 is 6.40. The van der Waals surface area contributed by atoms with Crippen LogP contribution in [0.15, 0.2) is 64.2 Å². The van der Waals surface area contributed by atoms with E-state index in [1.165, 1.54) is 52.7 Å². The molecule has 42 heavy (non-hydrogen) atoms. The van der Waals surface area contributed by atoms with Gasteiger partial charge in [-0.15, -0.1) is 0 Å². The third-order valence-corrected chi connectivity index (χ3v) is 9.93. The van der Waals surface area contributed by atoms with Gasteiger partial charge in [0.15, 0.2) is 0 Å². The highest BCUT2D eigenvalue weighted by atomic mass is 79.9. The summed E-state index contributed by atoms with van der Waals surface area (Å²) in [6.45, 7) is 3.36. The summed E-state index contributed by atoms with van der Waals surface area (Å²) in [6, 6.07) is 8.94. The van der Waals surface area contributed by atoms with Gasteiger partial charge in [-0.05, 0) is 70.0 Å². The van der Waals surface area contributed by atoms with E-state index in [1.54, 1.807) is 26.0 Å². The van der Waals surface area contributed by atoms with Gasteiger partial charge < -0.3 is 28.0 Å². The first-order chi connectivity index (χ1) is 19.8. The summed E-state index contributed by atoms with van der Waals surface area (Å²) in [5.74, 6) is 1.16. The zero-order valence-corrected chi connectivity index (χ0v) is 27.8. The molecule has 0 saturated heterocycles. The highest BCUT2D eigenvalue weighted by Gasteiger charge is 2.25. The van der Waals surface area contributed by atoms with Crippen LogP contribution in [0.25, 0.3) is 0 Å². The average Bonchev–Trinajstić information content (AvgIpc) is 3.46. The number of halogens is 2. The largest absolute Gasteiger partial charge is 0.497 e. The van der Waals surface area contributed by atoms with Gasteiger partial charge in [0.2, 0.25) is 0 Å². The molecule has 18 heteroatoms.